The van der Waals surface area contributed by atoms with Crippen LogP contribution in [0.4, 0.5) is 0 Å². The molecular weight excluding hydrogens is 188 g/mol. The zero-order chi connectivity index (χ0) is 11.0. The highest BCUT2D eigenvalue weighted by atomic mass is 16.7. The van der Waals surface area contributed by atoms with Crippen LogP contribution in [0.25, 0.3) is 0 Å². The molecule has 0 aromatic carbocycles. The summed E-state index contributed by atoms with van der Waals surface area (Å²) >= 11 is 0. The van der Waals surface area contributed by atoms with Crippen molar-refractivity contribution in [3.8, 4) is 0 Å². The summed E-state index contributed by atoms with van der Waals surface area (Å²) in [6.45, 7) is 3.17. The third-order valence-electron chi connectivity index (χ3n) is 1.69. The average Bonchev–Trinajstić information content (AvgIpc) is 2.18. The average molecular weight is 206 g/mol. The predicted molar refractivity (Wildman–Crippen MR) is 49.7 cm³/mol. The summed E-state index contributed by atoms with van der Waals surface area (Å²) < 4.78 is 14.9. The molecule has 0 rings (SSSR count). The van der Waals surface area contributed by atoms with E-state index in [1.54, 1.807) is 0 Å². The minimum Gasteiger partial charge on any atom is -0.460 e. The lowest BCUT2D eigenvalue weighted by Gasteiger charge is -2.21. The summed E-state index contributed by atoms with van der Waals surface area (Å²) in [7, 11) is 1.46. The zero-order valence-electron chi connectivity index (χ0n) is 8.86. The molecule has 0 radical (unpaired) electrons. The quantitative estimate of drug-likeness (QED) is 0.479. The van der Waals surface area contributed by atoms with E-state index in [9.17, 15) is 4.79 Å². The molecule has 14 heavy (non-hydrogen) atoms. The van der Waals surface area contributed by atoms with E-state index in [4.69, 9.17) is 19.3 Å². The normalized spacial score (nSPS) is 14.9. The van der Waals surface area contributed by atoms with Gasteiger partial charge in [0.05, 0.1) is 12.7 Å². The van der Waals surface area contributed by atoms with E-state index in [0.29, 0.717) is 6.42 Å². The molecule has 0 spiro atoms. The molecular formula is C9H18O5. The van der Waals surface area contributed by atoms with Crippen molar-refractivity contribution in [2.75, 3.05) is 20.3 Å². The molecule has 0 aromatic rings. The van der Waals surface area contributed by atoms with Gasteiger partial charge in [-0.15, -0.1) is 0 Å². The van der Waals surface area contributed by atoms with Crippen molar-refractivity contribution in [3.05, 3.63) is 0 Å². The van der Waals surface area contributed by atoms with Gasteiger partial charge >= 0.3 is 5.97 Å². The van der Waals surface area contributed by atoms with Crippen molar-refractivity contribution in [1.82, 2.24) is 0 Å². The smallest absolute Gasteiger partial charge is 0.302 e. The van der Waals surface area contributed by atoms with Gasteiger partial charge in [0, 0.05) is 14.0 Å². The maximum Gasteiger partial charge on any atom is 0.302 e. The lowest BCUT2D eigenvalue weighted by molar-refractivity contribution is -0.193. The van der Waals surface area contributed by atoms with Crippen LogP contribution in [0.5, 0.6) is 0 Å². The topological polar surface area (TPSA) is 65.0 Å². The van der Waals surface area contributed by atoms with Crippen molar-refractivity contribution in [1.29, 1.82) is 0 Å². The molecule has 84 valence electrons. The monoisotopic (exact) mass is 206 g/mol. The second kappa shape index (κ2) is 7.73. The Morgan fingerprint density at radius 3 is 2.50 bits per heavy atom. The van der Waals surface area contributed by atoms with Crippen molar-refractivity contribution in [2.24, 2.45) is 0 Å². The van der Waals surface area contributed by atoms with Gasteiger partial charge in [0.25, 0.3) is 0 Å². The largest absolute Gasteiger partial charge is 0.460 e. The summed E-state index contributed by atoms with van der Waals surface area (Å²) in [6, 6.07) is 0. The van der Waals surface area contributed by atoms with E-state index in [1.807, 2.05) is 6.92 Å². The van der Waals surface area contributed by atoms with Crippen LogP contribution in [-0.2, 0) is 19.0 Å². The number of rotatable bonds is 7. The van der Waals surface area contributed by atoms with Gasteiger partial charge in [-0.3, -0.25) is 4.79 Å². The molecule has 0 aliphatic rings. The third-order valence-corrected chi connectivity index (χ3v) is 1.69. The van der Waals surface area contributed by atoms with Crippen LogP contribution in [0.15, 0.2) is 0 Å². The van der Waals surface area contributed by atoms with Gasteiger partial charge in [-0.25, -0.2) is 0 Å². The van der Waals surface area contributed by atoms with Gasteiger partial charge in [-0.2, -0.15) is 0 Å². The summed E-state index contributed by atoms with van der Waals surface area (Å²) in [5, 5.41) is 8.86. The Balaban J connectivity index is 3.82. The summed E-state index contributed by atoms with van der Waals surface area (Å²) in [4.78, 5) is 10.5. The Morgan fingerprint density at radius 1 is 1.50 bits per heavy atom. The zero-order valence-corrected chi connectivity index (χ0v) is 8.86. The van der Waals surface area contributed by atoms with Gasteiger partial charge in [0.2, 0.25) is 0 Å². The van der Waals surface area contributed by atoms with Crippen molar-refractivity contribution >= 4 is 5.97 Å². The van der Waals surface area contributed by atoms with Crippen LogP contribution < -0.4 is 0 Å². The lowest BCUT2D eigenvalue weighted by atomic mass is 10.3. The molecule has 0 fully saturated rings. The fraction of sp³-hybridized carbons (Fsp3) is 0.889. The number of aliphatic hydroxyl groups is 1. The van der Waals surface area contributed by atoms with E-state index < -0.39 is 6.29 Å². The molecule has 0 aromatic heterocycles. The van der Waals surface area contributed by atoms with Gasteiger partial charge in [0.15, 0.2) is 6.29 Å². The first-order valence-electron chi connectivity index (χ1n) is 4.56. The molecule has 0 saturated carbocycles. The highest BCUT2D eigenvalue weighted by Crippen LogP contribution is 2.03. The molecule has 0 amide bonds. The molecule has 1 N–H and O–H groups in total. The van der Waals surface area contributed by atoms with Crippen molar-refractivity contribution < 1.29 is 24.1 Å². The Hall–Kier alpha value is -0.650. The molecule has 2 atom stereocenters. The molecule has 2 unspecified atom stereocenters. The lowest BCUT2D eigenvalue weighted by Crippen LogP contribution is -2.30. The van der Waals surface area contributed by atoms with Crippen LogP contribution >= 0.6 is 0 Å². The van der Waals surface area contributed by atoms with Crippen LogP contribution in [0.3, 0.4) is 0 Å². The first kappa shape index (κ1) is 13.4. The maximum atomic E-state index is 10.5. The minimum absolute atomic E-state index is 0.0440. The van der Waals surface area contributed by atoms with E-state index >= 15 is 0 Å². The molecule has 0 aliphatic carbocycles. The Kier molecular flexibility index (Phi) is 7.37. The van der Waals surface area contributed by atoms with Gasteiger partial charge in [0.1, 0.15) is 6.61 Å². The third kappa shape index (κ3) is 5.90. The number of ether oxygens (including phenoxy) is 3. The summed E-state index contributed by atoms with van der Waals surface area (Å²) in [6.07, 6.45) is -0.220. The minimum atomic E-state index is -0.615. The maximum absolute atomic E-state index is 10.5. The predicted octanol–water partition coefficient (Wildman–Crippen LogP) is 0.309. The number of hydrogen-bond donors (Lipinski definition) is 1. The molecule has 0 bridgehead atoms. The van der Waals surface area contributed by atoms with E-state index in [-0.39, 0.29) is 25.3 Å². The highest BCUT2D eigenvalue weighted by molar-refractivity contribution is 5.65. The SMILES string of the molecule is CCC(CO)OC(COC(C)=O)OC. The van der Waals surface area contributed by atoms with E-state index in [0.717, 1.165) is 0 Å². The number of esters is 1. The van der Waals surface area contributed by atoms with Crippen LogP contribution in [-0.4, -0.2) is 43.8 Å². The summed E-state index contributed by atoms with van der Waals surface area (Å²) in [5.74, 6) is -0.382. The fourth-order valence-corrected chi connectivity index (χ4v) is 0.831. The standard InChI is InChI=1S/C9H18O5/c1-4-8(5-10)14-9(12-3)6-13-7(2)11/h8-10H,4-6H2,1-3H3. The molecule has 5 nitrogen and oxygen atoms in total. The number of carbonyl (C=O) groups excluding carboxylic acids is 1. The van der Waals surface area contributed by atoms with Crippen molar-refractivity contribution in [2.45, 2.75) is 32.7 Å². The van der Waals surface area contributed by atoms with Gasteiger partial charge < -0.3 is 19.3 Å². The number of hydrogen-bond acceptors (Lipinski definition) is 5. The Bertz CT molecular complexity index is 155. The van der Waals surface area contributed by atoms with Crippen LogP contribution in [0.1, 0.15) is 20.3 Å². The Labute approximate surface area is 84.0 Å². The van der Waals surface area contributed by atoms with E-state index in [1.165, 1.54) is 14.0 Å². The fourth-order valence-electron chi connectivity index (χ4n) is 0.831. The van der Waals surface area contributed by atoms with Gasteiger partial charge in [-0.1, -0.05) is 6.92 Å². The number of methoxy groups -OCH3 is 1. The molecule has 5 heteroatoms. The first-order valence-corrected chi connectivity index (χ1v) is 4.56. The van der Waals surface area contributed by atoms with Gasteiger partial charge in [-0.05, 0) is 6.42 Å². The number of carbonyl (C=O) groups is 1. The molecule has 0 saturated heterocycles. The first-order chi connectivity index (χ1) is 6.63. The molecule has 0 aliphatic heterocycles. The molecule has 0 heterocycles. The van der Waals surface area contributed by atoms with Crippen molar-refractivity contribution in [3.63, 3.8) is 0 Å². The Morgan fingerprint density at radius 2 is 2.14 bits per heavy atom. The van der Waals surface area contributed by atoms with E-state index in [2.05, 4.69) is 0 Å². The number of aliphatic hydroxyl groups excluding tert-OH is 1. The second-order valence-electron chi connectivity index (χ2n) is 2.82. The summed E-state index contributed by atoms with van der Waals surface area (Å²) in [5.41, 5.74) is 0. The van der Waals surface area contributed by atoms with Crippen LogP contribution in [0, 0.1) is 0 Å². The second-order valence-corrected chi connectivity index (χ2v) is 2.82. The highest BCUT2D eigenvalue weighted by Gasteiger charge is 2.15. The van der Waals surface area contributed by atoms with Crippen LogP contribution in [0.2, 0.25) is 0 Å².